The molecule has 1 aromatic carbocycles. The SMILES string of the molecule is CC.CC1=NCCCNC(=O)CN2CCN(Cc3cccc(c3)NC(N)=NC/C(C)=C/N1)C(CO)C2. The smallest absolute Gasteiger partial charge is 0.234 e. The summed E-state index contributed by atoms with van der Waals surface area (Å²) in [5.74, 6) is 1.17. The van der Waals surface area contributed by atoms with Crippen LogP contribution in [0.5, 0.6) is 0 Å². The van der Waals surface area contributed by atoms with Crippen LogP contribution in [0.4, 0.5) is 5.69 Å². The van der Waals surface area contributed by atoms with Crippen LogP contribution in [0.2, 0.25) is 0 Å². The number of aliphatic imine (C=N–C) groups is 2. The summed E-state index contributed by atoms with van der Waals surface area (Å²) in [5, 5.41) is 19.3. The Hall–Kier alpha value is -2.95. The summed E-state index contributed by atoms with van der Waals surface area (Å²) in [5.41, 5.74) is 9.11. The van der Waals surface area contributed by atoms with Crippen molar-refractivity contribution in [3.8, 4) is 0 Å². The van der Waals surface area contributed by atoms with E-state index in [0.717, 1.165) is 42.2 Å². The fraction of sp³-hybridized carbons (Fsp3) is 0.577. The number of carbonyl (C=O) groups is 1. The predicted octanol–water partition coefficient (Wildman–Crippen LogP) is 1.35. The van der Waals surface area contributed by atoms with Gasteiger partial charge in [-0.1, -0.05) is 26.0 Å². The minimum atomic E-state index is -0.0222. The number of carbonyl (C=O) groups excluding carboxylic acids is 1. The molecule has 0 spiro atoms. The van der Waals surface area contributed by atoms with Crippen LogP contribution in [0.25, 0.3) is 0 Å². The average Bonchev–Trinajstić information content (AvgIpc) is 2.87. The van der Waals surface area contributed by atoms with Crippen LogP contribution < -0.4 is 21.7 Å². The van der Waals surface area contributed by atoms with Crippen molar-refractivity contribution < 1.29 is 9.90 Å². The zero-order valence-corrected chi connectivity index (χ0v) is 22.3. The summed E-state index contributed by atoms with van der Waals surface area (Å²) in [6, 6.07) is 8.04. The first-order valence-corrected chi connectivity index (χ1v) is 12.9. The fourth-order valence-corrected chi connectivity index (χ4v) is 3.99. The van der Waals surface area contributed by atoms with Crippen molar-refractivity contribution in [2.45, 2.75) is 46.7 Å². The van der Waals surface area contributed by atoms with E-state index in [9.17, 15) is 9.90 Å². The van der Waals surface area contributed by atoms with Crippen molar-refractivity contribution in [1.82, 2.24) is 20.4 Å². The van der Waals surface area contributed by atoms with Crippen molar-refractivity contribution in [2.75, 3.05) is 57.7 Å². The molecule has 3 atom stereocenters. The van der Waals surface area contributed by atoms with Crippen LogP contribution in [0.1, 0.15) is 39.7 Å². The Bertz CT molecular complexity index is 915. The van der Waals surface area contributed by atoms with Crippen LogP contribution in [0.15, 0.2) is 46.0 Å². The minimum Gasteiger partial charge on any atom is -0.395 e. The normalized spacial score (nSPS) is 25.9. The van der Waals surface area contributed by atoms with E-state index >= 15 is 0 Å². The number of guanidine groups is 1. The Labute approximate surface area is 215 Å². The van der Waals surface area contributed by atoms with Gasteiger partial charge in [0.25, 0.3) is 0 Å². The monoisotopic (exact) mass is 500 g/mol. The van der Waals surface area contributed by atoms with Gasteiger partial charge in [-0.3, -0.25) is 19.6 Å². The fourth-order valence-electron chi connectivity index (χ4n) is 3.99. The Morgan fingerprint density at radius 2 is 1.97 bits per heavy atom. The number of rotatable bonds is 1. The number of anilines is 1. The molecule has 0 radical (unpaired) electrons. The Kier molecular flexibility index (Phi) is 13.0. The van der Waals surface area contributed by atoms with Gasteiger partial charge in [-0.15, -0.1) is 0 Å². The lowest BCUT2D eigenvalue weighted by Crippen LogP contribution is -2.55. The van der Waals surface area contributed by atoms with Gasteiger partial charge in [0.05, 0.1) is 25.5 Å². The summed E-state index contributed by atoms with van der Waals surface area (Å²) in [6.07, 6.45) is 2.65. The molecule has 200 valence electrons. The lowest BCUT2D eigenvalue weighted by Gasteiger charge is -2.40. The number of nitrogens with two attached hydrogens (primary N) is 1. The van der Waals surface area contributed by atoms with Gasteiger partial charge in [0.1, 0.15) is 0 Å². The number of nitrogens with one attached hydrogen (secondary N) is 3. The number of fused-ring (bicyclic) bond motifs is 13. The maximum absolute atomic E-state index is 12.4. The van der Waals surface area contributed by atoms with E-state index < -0.39 is 0 Å². The molecule has 1 fully saturated rings. The van der Waals surface area contributed by atoms with Crippen molar-refractivity contribution in [2.24, 2.45) is 15.7 Å². The first-order chi connectivity index (χ1) is 17.4. The zero-order valence-electron chi connectivity index (χ0n) is 22.3. The maximum Gasteiger partial charge on any atom is 0.234 e. The molecule has 3 aliphatic heterocycles. The molecule has 6 N–H and O–H groups in total. The van der Waals surface area contributed by atoms with Gasteiger partial charge >= 0.3 is 0 Å². The molecule has 0 saturated carbocycles. The predicted molar refractivity (Wildman–Crippen MR) is 148 cm³/mol. The largest absolute Gasteiger partial charge is 0.395 e. The van der Waals surface area contributed by atoms with Gasteiger partial charge in [-0.2, -0.15) is 0 Å². The number of piperazine rings is 1. The number of hydrogen-bond acceptors (Lipinski definition) is 9. The molecule has 4 rings (SSSR count). The quantitative estimate of drug-likeness (QED) is 0.393. The highest BCUT2D eigenvalue weighted by atomic mass is 16.3. The summed E-state index contributed by atoms with van der Waals surface area (Å²) < 4.78 is 0. The van der Waals surface area contributed by atoms with Crippen molar-refractivity contribution in [1.29, 1.82) is 0 Å². The number of hydrogen-bond donors (Lipinski definition) is 5. The van der Waals surface area contributed by atoms with E-state index in [1.54, 1.807) is 0 Å². The first kappa shape index (κ1) is 29.3. The third kappa shape index (κ3) is 10.3. The topological polar surface area (TPSA) is 131 Å². The van der Waals surface area contributed by atoms with Gasteiger partial charge in [-0.25, -0.2) is 4.99 Å². The van der Waals surface area contributed by atoms with Crippen LogP contribution >= 0.6 is 0 Å². The number of nitrogens with zero attached hydrogens (tertiary/aromatic N) is 4. The van der Waals surface area contributed by atoms with Crippen LogP contribution in [0, 0.1) is 0 Å². The molecule has 10 nitrogen and oxygen atoms in total. The van der Waals surface area contributed by atoms with Gasteiger partial charge in [0, 0.05) is 57.2 Å². The standard InChI is InChI=1S/C24H38N8O2.C2H6/c1-18-12-28-19(2)26-7-4-8-27-23(34)16-31-9-10-32(22(15-31)17-33)14-20-5-3-6-21(11-20)30-24(25)29-13-18;1-2/h3,5-6,11-12,22,33H,4,7-10,13-17H2,1-2H3,(H,26,28)(H,27,34)(H3,25,29,30);1-2H3/b18-12+;. The van der Waals surface area contributed by atoms with Crippen molar-refractivity contribution >= 4 is 23.4 Å². The number of amides is 1. The summed E-state index contributed by atoms with van der Waals surface area (Å²) in [7, 11) is 0. The van der Waals surface area contributed by atoms with Crippen LogP contribution in [-0.2, 0) is 11.3 Å². The molecule has 3 unspecified atom stereocenters. The molecule has 36 heavy (non-hydrogen) atoms. The minimum absolute atomic E-state index is 0.0114. The van der Waals surface area contributed by atoms with E-state index in [0.29, 0.717) is 45.2 Å². The Morgan fingerprint density at radius 1 is 1.17 bits per heavy atom. The molecule has 0 aliphatic carbocycles. The Balaban J connectivity index is 0.00000222. The van der Waals surface area contributed by atoms with E-state index in [1.165, 1.54) is 0 Å². The van der Waals surface area contributed by atoms with Crippen molar-refractivity contribution in [3.05, 3.63) is 41.6 Å². The van der Waals surface area contributed by atoms with Gasteiger partial charge in [0.15, 0.2) is 5.96 Å². The molecule has 4 bridgehead atoms. The summed E-state index contributed by atoms with van der Waals surface area (Å²) in [4.78, 5) is 25.7. The second-order valence-electron chi connectivity index (χ2n) is 8.87. The van der Waals surface area contributed by atoms with Gasteiger partial charge in [0.2, 0.25) is 5.91 Å². The maximum atomic E-state index is 12.4. The van der Waals surface area contributed by atoms with Gasteiger partial charge in [-0.05, 0) is 43.5 Å². The first-order valence-electron chi connectivity index (χ1n) is 12.9. The van der Waals surface area contributed by atoms with Crippen LogP contribution in [-0.4, -0.2) is 91.1 Å². The lowest BCUT2D eigenvalue weighted by atomic mass is 10.1. The highest BCUT2D eigenvalue weighted by molar-refractivity contribution is 5.92. The molecule has 1 amide bonds. The van der Waals surface area contributed by atoms with E-state index in [4.69, 9.17) is 5.73 Å². The second kappa shape index (κ2) is 15.9. The summed E-state index contributed by atoms with van der Waals surface area (Å²) >= 11 is 0. The Morgan fingerprint density at radius 3 is 2.75 bits per heavy atom. The molecule has 3 aliphatic rings. The van der Waals surface area contributed by atoms with Crippen molar-refractivity contribution in [3.63, 3.8) is 0 Å². The molecule has 3 heterocycles. The third-order valence-electron chi connectivity index (χ3n) is 5.88. The molecule has 0 aromatic heterocycles. The molecule has 10 heteroatoms. The number of amidine groups is 1. The van der Waals surface area contributed by atoms with E-state index in [2.05, 4.69) is 47.9 Å². The highest BCUT2D eigenvalue weighted by Crippen LogP contribution is 2.17. The average molecular weight is 501 g/mol. The third-order valence-corrected chi connectivity index (χ3v) is 5.88. The number of benzene rings is 1. The molecule has 1 saturated heterocycles. The molecule has 1 aromatic rings. The molecular formula is C26H44N8O2. The van der Waals surface area contributed by atoms with E-state index in [1.807, 2.05) is 46.0 Å². The highest BCUT2D eigenvalue weighted by Gasteiger charge is 2.27. The lowest BCUT2D eigenvalue weighted by molar-refractivity contribution is -0.123. The molecular weight excluding hydrogens is 456 g/mol. The number of aliphatic hydroxyl groups is 1. The second-order valence-corrected chi connectivity index (χ2v) is 8.87. The van der Waals surface area contributed by atoms with Gasteiger partial charge < -0.3 is 26.8 Å². The summed E-state index contributed by atoms with van der Waals surface area (Å²) in [6.45, 7) is 12.9. The van der Waals surface area contributed by atoms with E-state index in [-0.39, 0.29) is 18.6 Å². The number of aliphatic hydroxyl groups excluding tert-OH is 1. The zero-order chi connectivity index (χ0) is 26.3. The van der Waals surface area contributed by atoms with Crippen LogP contribution in [0.3, 0.4) is 0 Å².